The maximum absolute atomic E-state index is 12.5. The van der Waals surface area contributed by atoms with E-state index in [1.165, 1.54) is 135 Å². The highest BCUT2D eigenvalue weighted by atomic mass is 31.2. The lowest BCUT2D eigenvalue weighted by Gasteiger charge is -2.19. The first-order valence-electron chi connectivity index (χ1n) is 24.5. The van der Waals surface area contributed by atoms with Gasteiger partial charge < -0.3 is 14.4 Å². The van der Waals surface area contributed by atoms with Gasteiger partial charge in [0, 0.05) is 20.0 Å². The third-order valence-electron chi connectivity index (χ3n) is 10.5. The van der Waals surface area contributed by atoms with Crippen molar-refractivity contribution in [2.75, 3.05) is 20.3 Å². The van der Waals surface area contributed by atoms with E-state index in [0.717, 1.165) is 58.5 Å². The van der Waals surface area contributed by atoms with E-state index in [9.17, 15) is 19.0 Å². The van der Waals surface area contributed by atoms with Crippen LogP contribution >= 0.6 is 7.82 Å². The third kappa shape index (κ3) is 45.3. The summed E-state index contributed by atoms with van der Waals surface area (Å²) < 4.78 is 32.0. The second kappa shape index (κ2) is 46.3. The Balaban J connectivity index is 3.94. The van der Waals surface area contributed by atoms with Crippen molar-refractivity contribution in [2.45, 2.75) is 232 Å². The number of carbonyl (C=O) groups is 2. The normalized spacial score (nSPS) is 13.7. The summed E-state index contributed by atoms with van der Waals surface area (Å²) >= 11 is 0. The van der Waals surface area contributed by atoms with E-state index in [-0.39, 0.29) is 25.4 Å². The number of ether oxygens (including phenoxy) is 2. The number of esters is 2. The molecular formula is C51H91O8P. The van der Waals surface area contributed by atoms with Gasteiger partial charge >= 0.3 is 19.8 Å². The molecule has 0 heterocycles. The lowest BCUT2D eigenvalue weighted by molar-refractivity contribution is -0.161. The molecule has 1 N–H and O–H groups in total. The molecule has 0 spiro atoms. The van der Waals surface area contributed by atoms with E-state index in [1.54, 1.807) is 0 Å². The highest BCUT2D eigenvalue weighted by molar-refractivity contribution is 7.47. The Hall–Kier alpha value is -2.25. The van der Waals surface area contributed by atoms with Crippen molar-refractivity contribution in [3.8, 4) is 0 Å². The van der Waals surface area contributed by atoms with Crippen molar-refractivity contribution in [3.63, 3.8) is 0 Å². The van der Waals surface area contributed by atoms with Crippen LogP contribution in [-0.2, 0) is 32.7 Å². The van der Waals surface area contributed by atoms with Crippen LogP contribution in [0.3, 0.4) is 0 Å². The second-order valence-electron chi connectivity index (χ2n) is 16.2. The molecular weight excluding hydrogens is 772 g/mol. The van der Waals surface area contributed by atoms with E-state index < -0.39 is 26.5 Å². The summed E-state index contributed by atoms with van der Waals surface area (Å²) in [5, 5.41) is 0. The first kappa shape index (κ1) is 57.8. The average molecular weight is 863 g/mol. The minimum absolute atomic E-state index is 0.166. The van der Waals surface area contributed by atoms with E-state index in [4.69, 9.17) is 14.0 Å². The van der Waals surface area contributed by atoms with E-state index in [2.05, 4.69) is 73.1 Å². The van der Waals surface area contributed by atoms with Gasteiger partial charge in [-0.2, -0.15) is 0 Å². The quantitative estimate of drug-likeness (QED) is 0.0279. The molecule has 0 radical (unpaired) electrons. The molecule has 0 saturated carbocycles. The number of phosphoric ester groups is 1. The van der Waals surface area contributed by atoms with Gasteiger partial charge in [-0.1, -0.05) is 222 Å². The van der Waals surface area contributed by atoms with Crippen molar-refractivity contribution in [2.24, 2.45) is 0 Å². The van der Waals surface area contributed by atoms with Gasteiger partial charge in [-0.15, -0.1) is 0 Å². The molecule has 0 aliphatic heterocycles. The molecule has 0 saturated heterocycles. The van der Waals surface area contributed by atoms with Gasteiger partial charge in [0.25, 0.3) is 0 Å². The molecule has 8 nitrogen and oxygen atoms in total. The molecule has 0 aromatic rings. The summed E-state index contributed by atoms with van der Waals surface area (Å²) in [5.74, 6) is -0.866. The van der Waals surface area contributed by atoms with Crippen molar-refractivity contribution >= 4 is 19.8 Å². The molecule has 0 aromatic heterocycles. The van der Waals surface area contributed by atoms with Crippen molar-refractivity contribution in [1.29, 1.82) is 0 Å². The second-order valence-corrected chi connectivity index (χ2v) is 17.8. The lowest BCUT2D eigenvalue weighted by Crippen LogP contribution is -2.29. The highest BCUT2D eigenvalue weighted by Crippen LogP contribution is 2.42. The van der Waals surface area contributed by atoms with Crippen LogP contribution < -0.4 is 0 Å². The van der Waals surface area contributed by atoms with Crippen LogP contribution in [0.15, 0.2) is 60.8 Å². The zero-order valence-electron chi connectivity index (χ0n) is 38.9. The number of allylic oxidation sites excluding steroid dienone is 10. The predicted octanol–water partition coefficient (Wildman–Crippen LogP) is 15.9. The van der Waals surface area contributed by atoms with Crippen molar-refractivity contribution in [3.05, 3.63) is 60.8 Å². The minimum atomic E-state index is -4.28. The summed E-state index contributed by atoms with van der Waals surface area (Å²) in [6.07, 6.45) is 58.7. The fourth-order valence-corrected chi connectivity index (χ4v) is 7.27. The summed E-state index contributed by atoms with van der Waals surface area (Å²) in [5.41, 5.74) is 0. The smallest absolute Gasteiger partial charge is 0.462 e. The predicted molar refractivity (Wildman–Crippen MR) is 253 cm³/mol. The van der Waals surface area contributed by atoms with Gasteiger partial charge in [0.05, 0.1) is 6.61 Å². The molecule has 0 amide bonds. The molecule has 9 heteroatoms. The van der Waals surface area contributed by atoms with Crippen molar-refractivity contribution < 1.29 is 37.6 Å². The first-order chi connectivity index (χ1) is 29.3. The largest absolute Gasteiger partial charge is 0.472 e. The molecule has 348 valence electrons. The topological polar surface area (TPSA) is 108 Å². The van der Waals surface area contributed by atoms with Crippen LogP contribution in [0.4, 0.5) is 0 Å². The van der Waals surface area contributed by atoms with Crippen molar-refractivity contribution in [1.82, 2.24) is 0 Å². The Morgan fingerprint density at radius 3 is 1.25 bits per heavy atom. The first-order valence-corrected chi connectivity index (χ1v) is 26.0. The summed E-state index contributed by atoms with van der Waals surface area (Å²) in [6.45, 7) is 3.75. The van der Waals surface area contributed by atoms with E-state index >= 15 is 0 Å². The van der Waals surface area contributed by atoms with Gasteiger partial charge in [0.2, 0.25) is 0 Å². The molecule has 0 bridgehead atoms. The standard InChI is InChI=1S/C51H91O8P/c1-4-6-8-10-12-14-16-18-20-22-23-24-25-26-27-28-30-31-33-35-37-39-41-43-45-50(52)57-47-49(48-58-60(54,55)56-3)59-51(53)46-44-42-40-38-36-34-32-29-21-19-17-15-13-11-9-7-5-2/h7,9,13,15,19,21,32,34,38,40,49H,4-6,8,10-12,14,16-18,20,22-31,33,35-37,39,41-48H2,1-3H3,(H,54,55)/b9-7-,15-13-,21-19-,34-32-,40-38-. The lowest BCUT2D eigenvalue weighted by atomic mass is 10.0. The third-order valence-corrected chi connectivity index (χ3v) is 11.5. The zero-order chi connectivity index (χ0) is 43.9. The number of phosphoric acid groups is 1. The molecule has 2 unspecified atom stereocenters. The molecule has 0 rings (SSSR count). The SMILES string of the molecule is CC/C=C\C/C=C\C/C=C\C/C=C\C/C=C\CCCC(=O)OC(COC(=O)CCCCCCCCCCCCCCCCCCCCCCCCCC)COP(=O)(O)OC. The van der Waals surface area contributed by atoms with Gasteiger partial charge in [0.1, 0.15) is 6.61 Å². The molecule has 0 aliphatic rings. The summed E-state index contributed by atoms with van der Waals surface area (Å²) in [7, 11) is -3.23. The Morgan fingerprint density at radius 2 is 0.850 bits per heavy atom. The molecule has 0 aliphatic carbocycles. The Morgan fingerprint density at radius 1 is 0.483 bits per heavy atom. The van der Waals surface area contributed by atoms with Gasteiger partial charge in [0.15, 0.2) is 6.10 Å². The minimum Gasteiger partial charge on any atom is -0.462 e. The Labute approximate surface area is 369 Å². The molecule has 60 heavy (non-hydrogen) atoms. The fraction of sp³-hybridized carbons (Fsp3) is 0.765. The number of unbranched alkanes of at least 4 members (excludes halogenated alkanes) is 24. The van der Waals surface area contributed by atoms with Crippen LogP contribution in [0.1, 0.15) is 226 Å². The van der Waals surface area contributed by atoms with E-state index in [0.29, 0.717) is 12.8 Å². The maximum Gasteiger partial charge on any atom is 0.472 e. The highest BCUT2D eigenvalue weighted by Gasteiger charge is 2.24. The fourth-order valence-electron chi connectivity index (χ4n) is 6.81. The van der Waals surface area contributed by atoms with E-state index in [1.807, 2.05) is 6.08 Å². The maximum atomic E-state index is 12.5. The molecule has 0 fully saturated rings. The molecule has 0 aromatic carbocycles. The number of hydrogen-bond donors (Lipinski definition) is 1. The van der Waals surface area contributed by atoms with Crippen LogP contribution in [0.25, 0.3) is 0 Å². The Kier molecular flexibility index (Phi) is 44.5. The van der Waals surface area contributed by atoms with Crippen LogP contribution in [0.2, 0.25) is 0 Å². The average Bonchev–Trinajstić information content (AvgIpc) is 3.24. The Bertz CT molecular complexity index is 1160. The molecule has 2 atom stereocenters. The summed E-state index contributed by atoms with van der Waals surface area (Å²) in [6, 6.07) is 0. The number of hydrogen-bond acceptors (Lipinski definition) is 7. The van der Waals surface area contributed by atoms with Gasteiger partial charge in [-0.05, 0) is 51.4 Å². The monoisotopic (exact) mass is 863 g/mol. The van der Waals surface area contributed by atoms with Crippen LogP contribution in [-0.4, -0.2) is 43.3 Å². The van der Waals surface area contributed by atoms with Gasteiger partial charge in [-0.25, -0.2) is 4.57 Å². The van der Waals surface area contributed by atoms with Crippen LogP contribution in [0.5, 0.6) is 0 Å². The number of carbonyl (C=O) groups excluding carboxylic acids is 2. The van der Waals surface area contributed by atoms with Crippen LogP contribution in [0, 0.1) is 0 Å². The number of rotatable bonds is 45. The zero-order valence-corrected chi connectivity index (χ0v) is 39.7. The van der Waals surface area contributed by atoms with Gasteiger partial charge in [-0.3, -0.25) is 18.6 Å². The summed E-state index contributed by atoms with van der Waals surface area (Å²) in [4.78, 5) is 34.6.